The van der Waals surface area contributed by atoms with Crippen LogP contribution in [0.15, 0.2) is 30.3 Å². The molecule has 0 radical (unpaired) electrons. The second-order valence-corrected chi connectivity index (χ2v) is 6.49. The molecule has 1 aromatic carbocycles. The highest BCUT2D eigenvalue weighted by Crippen LogP contribution is 2.34. The van der Waals surface area contributed by atoms with Gasteiger partial charge >= 0.3 is 0 Å². The van der Waals surface area contributed by atoms with Crippen molar-refractivity contribution >= 4 is 21.4 Å². The van der Waals surface area contributed by atoms with Crippen molar-refractivity contribution < 1.29 is 4.74 Å². The molecule has 0 bridgehead atoms. The molecule has 2 rings (SSSR count). The SMILES string of the molecule is CCCNC(c1cc2ccccc2s1)C(C)CCOC. The molecule has 1 aromatic heterocycles. The lowest BCUT2D eigenvalue weighted by Crippen LogP contribution is -2.27. The molecule has 1 N–H and O–H groups in total. The van der Waals surface area contributed by atoms with Crippen LogP contribution in [0.1, 0.15) is 37.6 Å². The number of methoxy groups -OCH3 is 1. The molecule has 20 heavy (non-hydrogen) atoms. The van der Waals surface area contributed by atoms with Gasteiger partial charge in [-0.05, 0) is 42.8 Å². The minimum Gasteiger partial charge on any atom is -0.385 e. The lowest BCUT2D eigenvalue weighted by atomic mass is 9.96. The van der Waals surface area contributed by atoms with E-state index in [0.717, 1.165) is 19.6 Å². The predicted molar refractivity (Wildman–Crippen MR) is 88.5 cm³/mol. The molecule has 0 spiro atoms. The summed E-state index contributed by atoms with van der Waals surface area (Å²) in [5.74, 6) is 0.578. The maximum Gasteiger partial charge on any atom is 0.0465 e. The molecular weight excluding hydrogens is 266 g/mol. The molecule has 0 saturated heterocycles. The molecule has 2 atom stereocenters. The summed E-state index contributed by atoms with van der Waals surface area (Å²) >= 11 is 1.91. The van der Waals surface area contributed by atoms with Gasteiger partial charge in [0.25, 0.3) is 0 Å². The normalized spacial score (nSPS) is 14.6. The zero-order valence-electron chi connectivity index (χ0n) is 12.7. The van der Waals surface area contributed by atoms with Crippen molar-refractivity contribution in [2.75, 3.05) is 20.3 Å². The van der Waals surface area contributed by atoms with Crippen LogP contribution >= 0.6 is 11.3 Å². The molecular formula is C17H25NOS. The van der Waals surface area contributed by atoms with E-state index in [1.807, 2.05) is 11.3 Å². The van der Waals surface area contributed by atoms with E-state index in [1.54, 1.807) is 7.11 Å². The molecule has 0 aliphatic heterocycles. The summed E-state index contributed by atoms with van der Waals surface area (Å²) in [5.41, 5.74) is 0. The molecule has 2 aromatic rings. The topological polar surface area (TPSA) is 21.3 Å². The van der Waals surface area contributed by atoms with Crippen LogP contribution in [0, 0.1) is 5.92 Å². The number of rotatable bonds is 8. The zero-order valence-corrected chi connectivity index (χ0v) is 13.5. The van der Waals surface area contributed by atoms with Gasteiger partial charge in [-0.3, -0.25) is 0 Å². The molecule has 3 heteroatoms. The quantitative estimate of drug-likeness (QED) is 0.766. The highest BCUT2D eigenvalue weighted by Gasteiger charge is 2.20. The Morgan fingerprint density at radius 3 is 2.80 bits per heavy atom. The Kier molecular flexibility index (Phi) is 6.02. The van der Waals surface area contributed by atoms with Crippen LogP contribution in [-0.2, 0) is 4.74 Å². The number of benzene rings is 1. The fourth-order valence-electron chi connectivity index (χ4n) is 2.51. The minimum atomic E-state index is 0.433. The first kappa shape index (κ1) is 15.5. The van der Waals surface area contributed by atoms with Gasteiger partial charge in [0.05, 0.1) is 0 Å². The molecule has 0 amide bonds. The minimum absolute atomic E-state index is 0.433. The number of ether oxygens (including phenoxy) is 1. The Labute approximate surface area is 126 Å². The van der Waals surface area contributed by atoms with Gasteiger partial charge in [-0.2, -0.15) is 0 Å². The second kappa shape index (κ2) is 7.77. The average molecular weight is 291 g/mol. The lowest BCUT2D eigenvalue weighted by molar-refractivity contribution is 0.170. The fraction of sp³-hybridized carbons (Fsp3) is 0.529. The third kappa shape index (κ3) is 3.81. The van der Waals surface area contributed by atoms with E-state index in [-0.39, 0.29) is 0 Å². The van der Waals surface area contributed by atoms with Crippen molar-refractivity contribution in [3.8, 4) is 0 Å². The van der Waals surface area contributed by atoms with E-state index in [2.05, 4.69) is 49.5 Å². The smallest absolute Gasteiger partial charge is 0.0465 e. The molecule has 2 unspecified atom stereocenters. The number of thiophene rings is 1. The van der Waals surface area contributed by atoms with Crippen LogP contribution in [-0.4, -0.2) is 20.3 Å². The summed E-state index contributed by atoms with van der Waals surface area (Å²) in [7, 11) is 1.78. The van der Waals surface area contributed by atoms with Crippen molar-refractivity contribution in [1.29, 1.82) is 0 Å². The van der Waals surface area contributed by atoms with Crippen molar-refractivity contribution in [3.63, 3.8) is 0 Å². The lowest BCUT2D eigenvalue weighted by Gasteiger charge is -2.24. The van der Waals surface area contributed by atoms with Crippen molar-refractivity contribution in [1.82, 2.24) is 5.32 Å². The molecule has 2 nitrogen and oxygen atoms in total. The van der Waals surface area contributed by atoms with E-state index in [4.69, 9.17) is 4.74 Å². The maximum atomic E-state index is 5.24. The third-order valence-electron chi connectivity index (χ3n) is 3.71. The Bertz CT molecular complexity index is 489. The van der Waals surface area contributed by atoms with E-state index in [1.165, 1.54) is 21.4 Å². The highest BCUT2D eigenvalue weighted by atomic mass is 32.1. The summed E-state index contributed by atoms with van der Waals surface area (Å²) in [6.45, 7) is 6.43. The zero-order chi connectivity index (χ0) is 14.4. The van der Waals surface area contributed by atoms with Gasteiger partial charge in [-0.15, -0.1) is 11.3 Å². The monoisotopic (exact) mass is 291 g/mol. The van der Waals surface area contributed by atoms with Gasteiger partial charge in [0.15, 0.2) is 0 Å². The molecule has 0 saturated carbocycles. The van der Waals surface area contributed by atoms with Crippen LogP contribution in [0.2, 0.25) is 0 Å². The van der Waals surface area contributed by atoms with Crippen LogP contribution < -0.4 is 5.32 Å². The van der Waals surface area contributed by atoms with Crippen molar-refractivity contribution in [3.05, 3.63) is 35.2 Å². The van der Waals surface area contributed by atoms with E-state index < -0.39 is 0 Å². The number of hydrogen-bond donors (Lipinski definition) is 1. The molecule has 0 fully saturated rings. The molecule has 110 valence electrons. The number of nitrogens with one attached hydrogen (secondary N) is 1. The number of hydrogen-bond acceptors (Lipinski definition) is 3. The van der Waals surface area contributed by atoms with Crippen molar-refractivity contribution in [2.45, 2.75) is 32.7 Å². The third-order valence-corrected chi connectivity index (χ3v) is 4.91. The summed E-state index contributed by atoms with van der Waals surface area (Å²) < 4.78 is 6.62. The Hall–Kier alpha value is -0.900. The Morgan fingerprint density at radius 2 is 2.10 bits per heavy atom. The maximum absolute atomic E-state index is 5.24. The van der Waals surface area contributed by atoms with Crippen LogP contribution in [0.3, 0.4) is 0 Å². The van der Waals surface area contributed by atoms with Gasteiger partial charge in [0, 0.05) is 29.3 Å². The van der Waals surface area contributed by atoms with Crippen LogP contribution in [0.25, 0.3) is 10.1 Å². The summed E-state index contributed by atoms with van der Waals surface area (Å²) in [6.07, 6.45) is 2.25. The van der Waals surface area contributed by atoms with Gasteiger partial charge in [-0.1, -0.05) is 32.0 Å². The number of fused-ring (bicyclic) bond motifs is 1. The van der Waals surface area contributed by atoms with Gasteiger partial charge in [-0.25, -0.2) is 0 Å². The van der Waals surface area contributed by atoms with Gasteiger partial charge < -0.3 is 10.1 Å². The van der Waals surface area contributed by atoms with Crippen molar-refractivity contribution in [2.24, 2.45) is 5.92 Å². The van der Waals surface area contributed by atoms with E-state index in [0.29, 0.717) is 12.0 Å². The first-order valence-corrected chi connectivity index (χ1v) is 8.28. The molecule has 0 aliphatic rings. The van der Waals surface area contributed by atoms with E-state index in [9.17, 15) is 0 Å². The summed E-state index contributed by atoms with van der Waals surface area (Å²) in [5, 5.41) is 5.07. The molecule has 0 aliphatic carbocycles. The average Bonchev–Trinajstić information content (AvgIpc) is 2.89. The van der Waals surface area contributed by atoms with Crippen LogP contribution in [0.4, 0.5) is 0 Å². The fourth-order valence-corrected chi connectivity index (χ4v) is 3.78. The second-order valence-electron chi connectivity index (χ2n) is 5.38. The Morgan fingerprint density at radius 1 is 1.30 bits per heavy atom. The first-order chi connectivity index (χ1) is 9.76. The molecule has 1 heterocycles. The summed E-state index contributed by atoms with van der Waals surface area (Å²) in [4.78, 5) is 1.45. The van der Waals surface area contributed by atoms with Crippen LogP contribution in [0.5, 0.6) is 0 Å². The summed E-state index contributed by atoms with van der Waals surface area (Å²) in [6, 6.07) is 11.4. The Balaban J connectivity index is 2.19. The standard InChI is InChI=1S/C17H25NOS/c1-4-10-18-17(13(2)9-11-19-3)16-12-14-7-5-6-8-15(14)20-16/h5-8,12-13,17-18H,4,9-11H2,1-3H3. The van der Waals surface area contributed by atoms with E-state index >= 15 is 0 Å². The largest absolute Gasteiger partial charge is 0.385 e. The first-order valence-electron chi connectivity index (χ1n) is 7.47. The highest BCUT2D eigenvalue weighted by molar-refractivity contribution is 7.19. The van der Waals surface area contributed by atoms with Gasteiger partial charge in [0.1, 0.15) is 0 Å². The van der Waals surface area contributed by atoms with Gasteiger partial charge in [0.2, 0.25) is 0 Å². The predicted octanol–water partition coefficient (Wildman–Crippen LogP) is 4.61.